The fourth-order valence-corrected chi connectivity index (χ4v) is 5.44. The van der Waals surface area contributed by atoms with Crippen LogP contribution in [0.4, 0.5) is 4.39 Å². The van der Waals surface area contributed by atoms with Gasteiger partial charge < -0.3 is 34.0 Å². The van der Waals surface area contributed by atoms with Crippen molar-refractivity contribution in [3.05, 3.63) is 71.2 Å². The first-order valence-electron chi connectivity index (χ1n) is 15.6. The molecule has 0 aliphatic carbocycles. The number of hydroxylamine groups is 2. The Balaban J connectivity index is 1.70. The Morgan fingerprint density at radius 1 is 1.06 bits per heavy atom. The van der Waals surface area contributed by atoms with Gasteiger partial charge in [0.15, 0.2) is 5.76 Å². The molecule has 15 heteroatoms. The highest BCUT2D eigenvalue weighted by Crippen LogP contribution is 2.34. The molecule has 0 spiro atoms. The molecular weight excluding hydrogens is 648 g/mol. The van der Waals surface area contributed by atoms with Crippen LogP contribution in [0.2, 0.25) is 0 Å². The van der Waals surface area contributed by atoms with Crippen molar-refractivity contribution < 1.29 is 51.5 Å². The van der Waals surface area contributed by atoms with Crippen molar-refractivity contribution in [3.8, 4) is 22.8 Å². The van der Waals surface area contributed by atoms with Gasteiger partial charge in [0.2, 0.25) is 12.3 Å². The Labute approximate surface area is 278 Å². The Hall–Kier alpha value is -4.68. The molecular formula is C33H41FN3O10P. The molecule has 260 valence electrons. The van der Waals surface area contributed by atoms with Gasteiger partial charge in [0.25, 0.3) is 5.91 Å². The van der Waals surface area contributed by atoms with E-state index in [-0.39, 0.29) is 35.9 Å². The Morgan fingerprint density at radius 2 is 1.81 bits per heavy atom. The second-order valence-electron chi connectivity index (χ2n) is 10.7. The number of rotatable bonds is 19. The number of nitrogens with zero attached hydrogens (tertiary/aromatic N) is 1. The van der Waals surface area contributed by atoms with Gasteiger partial charge in [-0.1, -0.05) is 45.2 Å². The summed E-state index contributed by atoms with van der Waals surface area (Å²) in [5.41, 5.74) is 0.444. The number of unbranched alkanes of at least 4 members (excludes halogenated alkanes) is 2. The largest absolute Gasteiger partial charge is 0.494 e. The van der Waals surface area contributed by atoms with Crippen molar-refractivity contribution in [2.45, 2.75) is 65.8 Å². The van der Waals surface area contributed by atoms with Gasteiger partial charge in [-0.05, 0) is 62.6 Å². The molecule has 3 atom stereocenters. The van der Waals surface area contributed by atoms with Gasteiger partial charge in [0.1, 0.15) is 28.6 Å². The second kappa shape index (κ2) is 18.6. The predicted octanol–water partition coefficient (Wildman–Crippen LogP) is 5.56. The van der Waals surface area contributed by atoms with Crippen molar-refractivity contribution in [2.75, 3.05) is 13.3 Å². The fraction of sp³-hybridized carbons (Fsp3) is 0.394. The van der Waals surface area contributed by atoms with Gasteiger partial charge in [-0.15, -0.1) is 0 Å². The third-order valence-corrected chi connectivity index (χ3v) is 7.82. The maximum absolute atomic E-state index is 14.4. The van der Waals surface area contributed by atoms with E-state index < -0.39 is 43.8 Å². The van der Waals surface area contributed by atoms with Crippen LogP contribution in [-0.4, -0.2) is 53.5 Å². The molecule has 1 aromatic heterocycles. The molecule has 3 unspecified atom stereocenters. The zero-order chi connectivity index (χ0) is 35.2. The standard InChI is InChI=1S/C33H41FN3O10P/c1-5-8-9-12-25(27(6-2)37(20-38)46-33(41)30-21(4)11-10-13-26(30)34)31(39)35-19-36-32(40)29-15-14-28(45-29)22-16-23(44-7-3)18-24(17-22)47-48(42)43/h10-11,13-18,20,25,27,48H,5-9,12,19H2,1-4H3,(H,35,39)(H,36,40)(H,42,43). The number of halogens is 1. The SMILES string of the molecule is CCCCCC(C(=O)NCNC(=O)c1ccc(-c2cc(OCC)cc(O[PH](=O)O)c2)o1)C(CC)N(C=O)OC(=O)c1c(C)cccc1F. The first-order chi connectivity index (χ1) is 23.0. The quantitative estimate of drug-likeness (QED) is 0.0475. The number of nitrogens with one attached hydrogen (secondary N) is 2. The number of benzene rings is 2. The van der Waals surface area contributed by atoms with E-state index in [1.165, 1.54) is 43.3 Å². The summed E-state index contributed by atoms with van der Waals surface area (Å²) in [7, 11) is -3.28. The molecule has 48 heavy (non-hydrogen) atoms. The highest BCUT2D eigenvalue weighted by molar-refractivity contribution is 7.32. The van der Waals surface area contributed by atoms with Gasteiger partial charge in [-0.3, -0.25) is 14.4 Å². The van der Waals surface area contributed by atoms with Crippen LogP contribution in [0.5, 0.6) is 11.5 Å². The maximum Gasteiger partial charge on any atom is 0.366 e. The predicted molar refractivity (Wildman–Crippen MR) is 174 cm³/mol. The van der Waals surface area contributed by atoms with Crippen molar-refractivity contribution >= 4 is 32.4 Å². The van der Waals surface area contributed by atoms with Crippen LogP contribution >= 0.6 is 8.25 Å². The lowest BCUT2D eigenvalue weighted by molar-refractivity contribution is -0.171. The minimum Gasteiger partial charge on any atom is -0.494 e. The van der Waals surface area contributed by atoms with Gasteiger partial charge in [-0.25, -0.2) is 13.8 Å². The minimum absolute atomic E-state index is 0.0762. The number of furan rings is 1. The average molecular weight is 690 g/mol. The molecule has 0 aliphatic heterocycles. The van der Waals surface area contributed by atoms with E-state index >= 15 is 0 Å². The molecule has 0 saturated carbocycles. The minimum atomic E-state index is -3.28. The third-order valence-electron chi connectivity index (χ3n) is 7.41. The molecule has 3 N–H and O–H groups in total. The second-order valence-corrected chi connectivity index (χ2v) is 11.5. The lowest BCUT2D eigenvalue weighted by Crippen LogP contribution is -2.49. The summed E-state index contributed by atoms with van der Waals surface area (Å²) in [5.74, 6) is -3.20. The van der Waals surface area contributed by atoms with Gasteiger partial charge in [-0.2, -0.15) is 5.06 Å². The molecule has 0 radical (unpaired) electrons. The van der Waals surface area contributed by atoms with Crippen molar-refractivity contribution in [1.29, 1.82) is 0 Å². The smallest absolute Gasteiger partial charge is 0.366 e. The summed E-state index contributed by atoms with van der Waals surface area (Å²) in [6, 6.07) is 10.7. The molecule has 0 fully saturated rings. The van der Waals surface area contributed by atoms with Gasteiger partial charge in [0, 0.05) is 11.6 Å². The average Bonchev–Trinajstić information content (AvgIpc) is 3.54. The number of hydrogen-bond acceptors (Lipinski definition) is 9. The van der Waals surface area contributed by atoms with E-state index in [1.807, 2.05) is 6.92 Å². The van der Waals surface area contributed by atoms with Gasteiger partial charge >= 0.3 is 14.2 Å². The summed E-state index contributed by atoms with van der Waals surface area (Å²) in [6.07, 6.45) is 3.21. The van der Waals surface area contributed by atoms with Gasteiger partial charge in [0.05, 0.1) is 25.2 Å². The van der Waals surface area contributed by atoms with Crippen LogP contribution in [0.3, 0.4) is 0 Å². The molecule has 3 rings (SSSR count). The van der Waals surface area contributed by atoms with Crippen LogP contribution in [0.25, 0.3) is 11.3 Å². The van der Waals surface area contributed by atoms with E-state index in [0.29, 0.717) is 42.7 Å². The highest BCUT2D eigenvalue weighted by Gasteiger charge is 2.34. The lowest BCUT2D eigenvalue weighted by Gasteiger charge is -2.32. The van der Waals surface area contributed by atoms with E-state index in [0.717, 1.165) is 24.0 Å². The Kier molecular flexibility index (Phi) is 14.6. The molecule has 2 aromatic carbocycles. The normalized spacial score (nSPS) is 12.7. The molecule has 1 heterocycles. The fourth-order valence-electron chi connectivity index (χ4n) is 5.12. The number of carbonyl (C=O) groups excluding carboxylic acids is 4. The molecule has 13 nitrogen and oxygen atoms in total. The molecule has 0 bridgehead atoms. The van der Waals surface area contributed by atoms with Crippen molar-refractivity contribution in [2.24, 2.45) is 5.92 Å². The molecule has 0 aliphatic rings. The summed E-state index contributed by atoms with van der Waals surface area (Å²) in [6.45, 7) is 7.08. The number of hydrogen-bond donors (Lipinski definition) is 3. The molecule has 0 saturated heterocycles. The monoisotopic (exact) mass is 689 g/mol. The summed E-state index contributed by atoms with van der Waals surface area (Å²) < 4.78 is 41.8. The lowest BCUT2D eigenvalue weighted by atomic mass is 9.90. The zero-order valence-corrected chi connectivity index (χ0v) is 28.2. The van der Waals surface area contributed by atoms with E-state index in [1.54, 1.807) is 19.9 Å². The summed E-state index contributed by atoms with van der Waals surface area (Å²) in [5, 5.41) is 5.97. The number of aryl methyl sites for hydroxylation is 1. The Morgan fingerprint density at radius 3 is 2.46 bits per heavy atom. The third kappa shape index (κ3) is 10.4. The summed E-state index contributed by atoms with van der Waals surface area (Å²) >= 11 is 0. The first kappa shape index (κ1) is 37.8. The first-order valence-corrected chi connectivity index (χ1v) is 16.8. The van der Waals surface area contributed by atoms with E-state index in [9.17, 15) is 33.0 Å². The maximum atomic E-state index is 14.4. The van der Waals surface area contributed by atoms with Crippen LogP contribution in [0.1, 0.15) is 79.4 Å². The van der Waals surface area contributed by atoms with Crippen LogP contribution < -0.4 is 19.9 Å². The van der Waals surface area contributed by atoms with Crippen molar-refractivity contribution in [3.63, 3.8) is 0 Å². The van der Waals surface area contributed by atoms with Crippen LogP contribution in [0, 0.1) is 18.7 Å². The number of amides is 3. The Bertz CT molecular complexity index is 1580. The molecule has 3 aromatic rings. The summed E-state index contributed by atoms with van der Waals surface area (Å²) in [4.78, 5) is 65.7. The number of ether oxygens (including phenoxy) is 1. The van der Waals surface area contributed by atoms with Crippen LogP contribution in [-0.2, 0) is 19.0 Å². The van der Waals surface area contributed by atoms with Crippen LogP contribution in [0.15, 0.2) is 52.9 Å². The number of carbonyl (C=O) groups is 4. The zero-order valence-electron chi connectivity index (χ0n) is 27.2. The molecule has 3 amide bonds. The topological polar surface area (TPSA) is 174 Å². The van der Waals surface area contributed by atoms with Crippen molar-refractivity contribution in [1.82, 2.24) is 15.7 Å². The van der Waals surface area contributed by atoms with E-state index in [4.69, 9.17) is 18.5 Å². The highest BCUT2D eigenvalue weighted by atomic mass is 31.1. The van der Waals surface area contributed by atoms with E-state index in [2.05, 4.69) is 10.6 Å².